The highest BCUT2D eigenvalue weighted by atomic mass is 35.5. The number of carbonyl (C=O) groups excluding carboxylic acids is 2. The summed E-state index contributed by atoms with van der Waals surface area (Å²) in [6.07, 6.45) is 5.84. The van der Waals surface area contributed by atoms with Crippen LogP contribution in [0.25, 0.3) is 0 Å². The molecule has 6 heteroatoms. The summed E-state index contributed by atoms with van der Waals surface area (Å²) in [5.41, 5.74) is 3.66. The molecule has 1 N–H and O–H groups in total. The first-order chi connectivity index (χ1) is 17.9. The van der Waals surface area contributed by atoms with Crippen LogP contribution in [0.3, 0.4) is 0 Å². The van der Waals surface area contributed by atoms with E-state index in [0.717, 1.165) is 42.4 Å². The van der Waals surface area contributed by atoms with Crippen LogP contribution in [0.15, 0.2) is 72.8 Å². The molecule has 2 amide bonds. The molecule has 1 saturated carbocycles. The molecular formula is C31H34Cl2N2O2. The van der Waals surface area contributed by atoms with Crippen molar-refractivity contribution in [3.63, 3.8) is 0 Å². The van der Waals surface area contributed by atoms with Crippen LogP contribution in [0.1, 0.15) is 54.4 Å². The van der Waals surface area contributed by atoms with E-state index < -0.39 is 6.04 Å². The Labute approximate surface area is 230 Å². The maximum atomic E-state index is 14.0. The van der Waals surface area contributed by atoms with Gasteiger partial charge in [0.15, 0.2) is 0 Å². The molecule has 4 rings (SSSR count). The number of hydrogen-bond acceptors (Lipinski definition) is 2. The average molecular weight is 538 g/mol. The Morgan fingerprint density at radius 2 is 1.54 bits per heavy atom. The van der Waals surface area contributed by atoms with Gasteiger partial charge >= 0.3 is 0 Å². The second-order valence-corrected chi connectivity index (χ2v) is 10.7. The van der Waals surface area contributed by atoms with Crippen LogP contribution < -0.4 is 5.32 Å². The van der Waals surface area contributed by atoms with Gasteiger partial charge in [0.2, 0.25) is 11.8 Å². The van der Waals surface area contributed by atoms with Crippen LogP contribution in [0, 0.1) is 6.92 Å². The van der Waals surface area contributed by atoms with E-state index in [2.05, 4.69) is 5.32 Å². The topological polar surface area (TPSA) is 49.4 Å². The van der Waals surface area contributed by atoms with E-state index in [1.54, 1.807) is 23.1 Å². The lowest BCUT2D eigenvalue weighted by molar-refractivity contribution is -0.141. The summed E-state index contributed by atoms with van der Waals surface area (Å²) in [6, 6.07) is 22.6. The third kappa shape index (κ3) is 7.37. The van der Waals surface area contributed by atoms with Gasteiger partial charge < -0.3 is 10.2 Å². The van der Waals surface area contributed by atoms with E-state index in [4.69, 9.17) is 23.2 Å². The van der Waals surface area contributed by atoms with Gasteiger partial charge in [-0.25, -0.2) is 0 Å². The minimum Gasteiger partial charge on any atom is -0.352 e. The van der Waals surface area contributed by atoms with Crippen molar-refractivity contribution in [2.24, 2.45) is 0 Å². The molecule has 0 heterocycles. The van der Waals surface area contributed by atoms with Gasteiger partial charge in [0.25, 0.3) is 0 Å². The Hall–Kier alpha value is -2.82. The summed E-state index contributed by atoms with van der Waals surface area (Å²) >= 11 is 12.9. The largest absolute Gasteiger partial charge is 0.352 e. The highest BCUT2D eigenvalue weighted by Gasteiger charge is 2.32. The van der Waals surface area contributed by atoms with Gasteiger partial charge in [-0.05, 0) is 54.2 Å². The molecule has 3 aromatic carbocycles. The van der Waals surface area contributed by atoms with Crippen molar-refractivity contribution in [3.8, 4) is 0 Å². The van der Waals surface area contributed by atoms with Crippen molar-refractivity contribution in [2.45, 2.75) is 70.5 Å². The van der Waals surface area contributed by atoms with E-state index in [9.17, 15) is 9.59 Å². The standard InChI is InChI=1S/C31H34Cl2N2O2/c1-22-11-8-9-14-24(22)21-35(30(36)20-26-27(32)17-10-18-28(26)33)29(19-23-12-4-2-5-13-23)31(37)34-25-15-6-3-7-16-25/h2,4-5,8-14,17-18,25,29H,3,6-7,15-16,19-21H2,1H3,(H,34,37)/t29-/m0/s1. The number of nitrogens with one attached hydrogen (secondary N) is 1. The smallest absolute Gasteiger partial charge is 0.243 e. The molecule has 3 aromatic rings. The maximum Gasteiger partial charge on any atom is 0.243 e. The van der Waals surface area contributed by atoms with Crippen LogP contribution in [0.4, 0.5) is 0 Å². The maximum absolute atomic E-state index is 14.0. The SMILES string of the molecule is Cc1ccccc1CN(C(=O)Cc1c(Cl)cccc1Cl)[C@@H](Cc1ccccc1)C(=O)NC1CCCCC1. The molecule has 0 saturated heterocycles. The Kier molecular flexibility index (Phi) is 9.65. The van der Waals surface area contributed by atoms with Crippen molar-refractivity contribution >= 4 is 35.0 Å². The second-order valence-electron chi connectivity index (χ2n) is 9.87. The van der Waals surface area contributed by atoms with Crippen molar-refractivity contribution in [2.75, 3.05) is 0 Å². The molecule has 1 aliphatic carbocycles. The zero-order chi connectivity index (χ0) is 26.2. The van der Waals surface area contributed by atoms with Crippen LogP contribution in [-0.4, -0.2) is 28.8 Å². The predicted molar refractivity (Wildman–Crippen MR) is 151 cm³/mol. The summed E-state index contributed by atoms with van der Waals surface area (Å²) in [5.74, 6) is -0.291. The predicted octanol–water partition coefficient (Wildman–Crippen LogP) is 6.93. The normalized spacial score (nSPS) is 14.7. The van der Waals surface area contributed by atoms with E-state index >= 15 is 0 Å². The fourth-order valence-electron chi connectivity index (χ4n) is 5.02. The van der Waals surface area contributed by atoms with Gasteiger partial charge in [0.1, 0.15) is 6.04 Å². The molecule has 37 heavy (non-hydrogen) atoms. The van der Waals surface area contributed by atoms with E-state index in [0.29, 0.717) is 28.6 Å². The van der Waals surface area contributed by atoms with Gasteiger partial charge in [0, 0.05) is 29.1 Å². The number of halogens is 2. The van der Waals surface area contributed by atoms with Gasteiger partial charge in [-0.15, -0.1) is 0 Å². The summed E-state index contributed by atoms with van der Waals surface area (Å²) in [7, 11) is 0. The average Bonchev–Trinajstić information content (AvgIpc) is 2.90. The Morgan fingerprint density at radius 1 is 0.892 bits per heavy atom. The highest BCUT2D eigenvalue weighted by molar-refractivity contribution is 6.36. The number of carbonyl (C=O) groups is 2. The number of aryl methyl sites for hydroxylation is 1. The van der Waals surface area contributed by atoms with E-state index in [1.807, 2.05) is 61.5 Å². The number of nitrogens with zero attached hydrogens (tertiary/aromatic N) is 1. The summed E-state index contributed by atoms with van der Waals surface area (Å²) in [4.78, 5) is 29.6. The lowest BCUT2D eigenvalue weighted by Gasteiger charge is -2.34. The quantitative estimate of drug-likeness (QED) is 0.322. The van der Waals surface area contributed by atoms with E-state index in [-0.39, 0.29) is 24.3 Å². The summed E-state index contributed by atoms with van der Waals surface area (Å²) in [6.45, 7) is 2.35. The molecule has 0 unspecified atom stereocenters. The fourth-order valence-corrected chi connectivity index (χ4v) is 5.55. The Morgan fingerprint density at radius 3 is 2.22 bits per heavy atom. The minimum absolute atomic E-state index is 0.0202. The van der Waals surface area contributed by atoms with Crippen LogP contribution in [-0.2, 0) is 29.0 Å². The number of benzene rings is 3. The molecule has 1 fully saturated rings. The monoisotopic (exact) mass is 536 g/mol. The van der Waals surface area contributed by atoms with Crippen molar-refractivity contribution < 1.29 is 9.59 Å². The molecule has 0 aromatic heterocycles. The van der Waals surface area contributed by atoms with Crippen LogP contribution in [0.5, 0.6) is 0 Å². The van der Waals surface area contributed by atoms with Gasteiger partial charge in [-0.1, -0.05) is 103 Å². The first-order valence-corrected chi connectivity index (χ1v) is 13.8. The molecular weight excluding hydrogens is 503 g/mol. The summed E-state index contributed by atoms with van der Waals surface area (Å²) < 4.78 is 0. The van der Waals surface area contributed by atoms with Crippen LogP contribution >= 0.6 is 23.2 Å². The minimum atomic E-state index is -0.669. The lowest BCUT2D eigenvalue weighted by Crippen LogP contribution is -2.53. The molecule has 0 aliphatic heterocycles. The number of hydrogen-bond donors (Lipinski definition) is 1. The zero-order valence-corrected chi connectivity index (χ0v) is 22.8. The lowest BCUT2D eigenvalue weighted by atomic mass is 9.94. The first kappa shape index (κ1) is 27.2. The molecule has 0 radical (unpaired) electrons. The van der Waals surface area contributed by atoms with Crippen molar-refractivity contribution in [1.82, 2.24) is 10.2 Å². The fraction of sp³-hybridized carbons (Fsp3) is 0.355. The molecule has 1 atom stereocenters. The molecule has 0 spiro atoms. The number of amides is 2. The number of rotatable bonds is 9. The first-order valence-electron chi connectivity index (χ1n) is 13.0. The second kappa shape index (κ2) is 13.1. The Bertz CT molecular complexity index is 1190. The molecule has 0 bridgehead atoms. The van der Waals surface area contributed by atoms with Crippen LogP contribution in [0.2, 0.25) is 10.0 Å². The third-order valence-electron chi connectivity index (χ3n) is 7.21. The summed E-state index contributed by atoms with van der Waals surface area (Å²) in [5, 5.41) is 4.17. The van der Waals surface area contributed by atoms with Gasteiger partial charge in [0.05, 0.1) is 6.42 Å². The zero-order valence-electron chi connectivity index (χ0n) is 21.3. The highest BCUT2D eigenvalue weighted by Crippen LogP contribution is 2.27. The van der Waals surface area contributed by atoms with Crippen molar-refractivity contribution in [1.29, 1.82) is 0 Å². The van der Waals surface area contributed by atoms with Gasteiger partial charge in [-0.2, -0.15) is 0 Å². The molecule has 4 nitrogen and oxygen atoms in total. The van der Waals surface area contributed by atoms with Gasteiger partial charge in [-0.3, -0.25) is 9.59 Å². The molecule has 194 valence electrons. The third-order valence-corrected chi connectivity index (χ3v) is 7.92. The van der Waals surface area contributed by atoms with Crippen molar-refractivity contribution in [3.05, 3.63) is 105 Å². The molecule has 1 aliphatic rings. The van der Waals surface area contributed by atoms with E-state index in [1.165, 1.54) is 6.42 Å². The Balaban J connectivity index is 1.69.